The highest BCUT2D eigenvalue weighted by molar-refractivity contribution is 5.95. The molecule has 0 aliphatic carbocycles. The van der Waals surface area contributed by atoms with E-state index in [2.05, 4.69) is 5.32 Å². The highest BCUT2D eigenvalue weighted by Crippen LogP contribution is 2.19. The van der Waals surface area contributed by atoms with Crippen LogP contribution in [0.15, 0.2) is 57.6 Å². The largest absolute Gasteiger partial charge is 0.467 e. The van der Waals surface area contributed by atoms with Crippen molar-refractivity contribution in [2.75, 3.05) is 6.54 Å². The summed E-state index contributed by atoms with van der Waals surface area (Å²) in [4.78, 5) is 12.0. The second-order valence-corrected chi connectivity index (χ2v) is 4.72. The zero-order chi connectivity index (χ0) is 14.7. The highest BCUT2D eigenvalue weighted by atomic mass is 16.4. The molecule has 108 valence electrons. The molecular weight excluding hydrogens is 270 g/mol. The first-order valence-electron chi connectivity index (χ1n) is 6.72. The Morgan fingerprint density at radius 3 is 2.86 bits per heavy atom. The molecule has 5 heteroatoms. The van der Waals surface area contributed by atoms with E-state index in [0.29, 0.717) is 24.3 Å². The predicted molar refractivity (Wildman–Crippen MR) is 76.8 cm³/mol. The van der Waals surface area contributed by atoms with Crippen LogP contribution in [-0.2, 0) is 0 Å². The number of aliphatic hydroxyl groups is 1. The molecule has 0 aliphatic rings. The van der Waals surface area contributed by atoms with Crippen LogP contribution in [0, 0.1) is 0 Å². The number of hydrogen-bond donors (Lipinski definition) is 2. The van der Waals surface area contributed by atoms with Crippen molar-refractivity contribution in [3.63, 3.8) is 0 Å². The Bertz CT molecular complexity index is 697. The van der Waals surface area contributed by atoms with E-state index < -0.39 is 6.10 Å². The van der Waals surface area contributed by atoms with Gasteiger partial charge in [-0.1, -0.05) is 18.2 Å². The lowest BCUT2D eigenvalue weighted by Crippen LogP contribution is -2.25. The van der Waals surface area contributed by atoms with Crippen LogP contribution >= 0.6 is 0 Å². The molecule has 1 aromatic carbocycles. The third-order valence-corrected chi connectivity index (χ3v) is 3.22. The Kier molecular flexibility index (Phi) is 3.75. The molecule has 3 aromatic rings. The summed E-state index contributed by atoms with van der Waals surface area (Å²) >= 11 is 0. The lowest BCUT2D eigenvalue weighted by atomic mass is 10.2. The molecule has 0 fully saturated rings. The van der Waals surface area contributed by atoms with Crippen LogP contribution < -0.4 is 5.32 Å². The number of hydrogen-bond acceptors (Lipinski definition) is 4. The molecule has 3 rings (SSSR count). The summed E-state index contributed by atoms with van der Waals surface area (Å²) in [6.45, 7) is 0.331. The molecule has 0 aliphatic heterocycles. The second-order valence-electron chi connectivity index (χ2n) is 4.72. The molecule has 2 aromatic heterocycles. The first-order valence-corrected chi connectivity index (χ1v) is 6.72. The minimum absolute atomic E-state index is 0.267. The van der Waals surface area contributed by atoms with Crippen LogP contribution in [0.5, 0.6) is 0 Å². The standard InChI is InChI=1S/C16H15NO4/c18-12(14-6-3-9-20-14)7-8-17-16(19)15-10-11-4-1-2-5-13(11)21-15/h1-6,9-10,12,18H,7-8H2,(H,17,19)/t12-/m1/s1. The van der Waals surface area contributed by atoms with Crippen molar-refractivity contribution in [1.29, 1.82) is 0 Å². The van der Waals surface area contributed by atoms with E-state index in [9.17, 15) is 9.90 Å². The van der Waals surface area contributed by atoms with E-state index in [-0.39, 0.29) is 11.7 Å². The lowest BCUT2D eigenvalue weighted by Gasteiger charge is -2.07. The Hall–Kier alpha value is -2.53. The second kappa shape index (κ2) is 5.85. The van der Waals surface area contributed by atoms with Crippen molar-refractivity contribution in [2.45, 2.75) is 12.5 Å². The number of carbonyl (C=O) groups excluding carboxylic acids is 1. The van der Waals surface area contributed by atoms with Crippen LogP contribution in [-0.4, -0.2) is 17.6 Å². The van der Waals surface area contributed by atoms with Gasteiger partial charge in [-0.3, -0.25) is 4.79 Å². The van der Waals surface area contributed by atoms with Crippen LogP contribution in [0.2, 0.25) is 0 Å². The normalized spacial score (nSPS) is 12.4. The fraction of sp³-hybridized carbons (Fsp3) is 0.188. The molecule has 0 saturated heterocycles. The van der Waals surface area contributed by atoms with Gasteiger partial charge in [0.1, 0.15) is 17.4 Å². The number of carbonyl (C=O) groups is 1. The molecule has 0 saturated carbocycles. The molecular formula is C16H15NO4. The molecule has 1 atom stereocenters. The average molecular weight is 285 g/mol. The fourth-order valence-corrected chi connectivity index (χ4v) is 2.13. The summed E-state index contributed by atoms with van der Waals surface area (Å²) in [5, 5.41) is 13.4. The first-order chi connectivity index (χ1) is 10.2. The quantitative estimate of drug-likeness (QED) is 0.755. The predicted octanol–water partition coefficient (Wildman–Crippen LogP) is 2.88. The van der Waals surface area contributed by atoms with Gasteiger partial charge in [0.15, 0.2) is 5.76 Å². The number of fused-ring (bicyclic) bond motifs is 1. The maximum absolute atomic E-state index is 12.0. The van der Waals surface area contributed by atoms with Gasteiger partial charge in [-0.15, -0.1) is 0 Å². The van der Waals surface area contributed by atoms with Crippen molar-refractivity contribution >= 4 is 16.9 Å². The van der Waals surface area contributed by atoms with E-state index in [1.54, 1.807) is 18.2 Å². The SMILES string of the molecule is O=C(NCC[C@@H](O)c1ccco1)c1cc2ccccc2o1. The average Bonchev–Trinajstić information content (AvgIpc) is 3.16. The van der Waals surface area contributed by atoms with Gasteiger partial charge in [0.05, 0.1) is 6.26 Å². The van der Waals surface area contributed by atoms with E-state index in [0.717, 1.165) is 5.39 Å². The molecule has 0 radical (unpaired) electrons. The molecule has 0 unspecified atom stereocenters. The van der Waals surface area contributed by atoms with Crippen molar-refractivity contribution in [2.24, 2.45) is 0 Å². The van der Waals surface area contributed by atoms with Gasteiger partial charge in [0.25, 0.3) is 5.91 Å². The van der Waals surface area contributed by atoms with Gasteiger partial charge in [-0.2, -0.15) is 0 Å². The van der Waals surface area contributed by atoms with Gasteiger partial charge >= 0.3 is 0 Å². The number of furan rings is 2. The first kappa shape index (κ1) is 13.5. The van der Waals surface area contributed by atoms with Crippen molar-refractivity contribution in [3.05, 3.63) is 60.2 Å². The summed E-state index contributed by atoms with van der Waals surface area (Å²) in [5.74, 6) is 0.467. The van der Waals surface area contributed by atoms with Crippen LogP contribution in [0.25, 0.3) is 11.0 Å². The van der Waals surface area contributed by atoms with E-state index in [1.165, 1.54) is 6.26 Å². The lowest BCUT2D eigenvalue weighted by molar-refractivity contribution is 0.0911. The smallest absolute Gasteiger partial charge is 0.287 e. The number of benzene rings is 1. The van der Waals surface area contributed by atoms with Gasteiger partial charge in [0.2, 0.25) is 0 Å². The summed E-state index contributed by atoms with van der Waals surface area (Å²) in [6.07, 6.45) is 1.15. The van der Waals surface area contributed by atoms with Gasteiger partial charge in [-0.05, 0) is 30.7 Å². The number of nitrogens with one attached hydrogen (secondary N) is 1. The Morgan fingerprint density at radius 1 is 1.24 bits per heavy atom. The maximum Gasteiger partial charge on any atom is 0.287 e. The van der Waals surface area contributed by atoms with E-state index >= 15 is 0 Å². The number of para-hydroxylation sites is 1. The third-order valence-electron chi connectivity index (χ3n) is 3.22. The van der Waals surface area contributed by atoms with Gasteiger partial charge in [0, 0.05) is 11.9 Å². The minimum atomic E-state index is -0.726. The molecule has 21 heavy (non-hydrogen) atoms. The van der Waals surface area contributed by atoms with Crippen molar-refractivity contribution in [1.82, 2.24) is 5.32 Å². The minimum Gasteiger partial charge on any atom is -0.467 e. The Labute approximate surface area is 121 Å². The number of rotatable bonds is 5. The monoisotopic (exact) mass is 285 g/mol. The Morgan fingerprint density at radius 2 is 2.10 bits per heavy atom. The summed E-state index contributed by atoms with van der Waals surface area (Å²) in [7, 11) is 0. The summed E-state index contributed by atoms with van der Waals surface area (Å²) < 4.78 is 10.6. The summed E-state index contributed by atoms with van der Waals surface area (Å²) in [5.41, 5.74) is 0.679. The molecule has 5 nitrogen and oxygen atoms in total. The molecule has 0 spiro atoms. The van der Waals surface area contributed by atoms with E-state index in [1.807, 2.05) is 24.3 Å². The van der Waals surface area contributed by atoms with E-state index in [4.69, 9.17) is 8.83 Å². The third kappa shape index (κ3) is 2.98. The molecule has 0 bridgehead atoms. The van der Waals surface area contributed by atoms with Crippen LogP contribution in [0.1, 0.15) is 28.8 Å². The van der Waals surface area contributed by atoms with Crippen molar-refractivity contribution < 1.29 is 18.7 Å². The van der Waals surface area contributed by atoms with Crippen molar-refractivity contribution in [3.8, 4) is 0 Å². The van der Waals surface area contributed by atoms with Gasteiger partial charge < -0.3 is 19.3 Å². The van der Waals surface area contributed by atoms with Crippen LogP contribution in [0.3, 0.4) is 0 Å². The van der Waals surface area contributed by atoms with Gasteiger partial charge in [-0.25, -0.2) is 0 Å². The number of amides is 1. The fourth-order valence-electron chi connectivity index (χ4n) is 2.13. The topological polar surface area (TPSA) is 75.6 Å². The van der Waals surface area contributed by atoms with Crippen LogP contribution in [0.4, 0.5) is 0 Å². The number of aliphatic hydroxyl groups excluding tert-OH is 1. The molecule has 1 amide bonds. The molecule has 2 heterocycles. The zero-order valence-electron chi connectivity index (χ0n) is 11.3. The highest BCUT2D eigenvalue weighted by Gasteiger charge is 2.14. The summed E-state index contributed by atoms with van der Waals surface area (Å²) in [6, 6.07) is 12.6. The maximum atomic E-state index is 12.0. The Balaban J connectivity index is 1.56. The molecule has 2 N–H and O–H groups in total. The zero-order valence-corrected chi connectivity index (χ0v) is 11.3.